The largest absolute Gasteiger partial charge is 0.323 e. The summed E-state index contributed by atoms with van der Waals surface area (Å²) in [7, 11) is 0. The van der Waals surface area contributed by atoms with Gasteiger partial charge in [0.1, 0.15) is 0 Å². The summed E-state index contributed by atoms with van der Waals surface area (Å²) in [6, 6.07) is 10.2. The first-order valence-corrected chi connectivity index (χ1v) is 8.62. The molecule has 2 heterocycles. The Kier molecular flexibility index (Phi) is 5.19. The van der Waals surface area contributed by atoms with Gasteiger partial charge >= 0.3 is 0 Å². The van der Waals surface area contributed by atoms with Gasteiger partial charge in [0.2, 0.25) is 5.95 Å². The normalized spacial score (nSPS) is 12.5. The van der Waals surface area contributed by atoms with Crippen molar-refractivity contribution >= 4 is 28.1 Å². The number of pyridine rings is 1. The van der Waals surface area contributed by atoms with Gasteiger partial charge in [0, 0.05) is 13.0 Å². The molecule has 4 rings (SSSR count). The SMILES string of the molecule is CC.Cc1nc(Nc2cccnc2)nc2ccc(C3=CCC=C3)cc12.[HH]. The third-order valence-electron chi connectivity index (χ3n) is 3.91. The van der Waals surface area contributed by atoms with Crippen LogP contribution in [0.3, 0.4) is 0 Å². The Hall–Kier alpha value is -3.01. The fraction of sp³-hybridized carbons (Fsp3) is 0.190. The quantitative estimate of drug-likeness (QED) is 0.669. The van der Waals surface area contributed by atoms with E-state index in [0.717, 1.165) is 28.7 Å². The Balaban J connectivity index is 0.000000784. The standard InChI is InChI=1S/C19H16N4.C2H6.H2/c1-13-17-11-15(14-5-2-3-6-14)8-9-18(17)23-19(21-13)22-16-7-4-10-20-12-16;1-2;/h2,4-12H,3H2,1H3,(H,21,22,23);1-2H3;1H. The topological polar surface area (TPSA) is 50.7 Å². The summed E-state index contributed by atoms with van der Waals surface area (Å²) in [6.07, 6.45) is 11.1. The van der Waals surface area contributed by atoms with Gasteiger partial charge in [0.15, 0.2) is 0 Å². The van der Waals surface area contributed by atoms with Gasteiger partial charge in [-0.1, -0.05) is 38.1 Å². The Morgan fingerprint density at radius 1 is 1.12 bits per heavy atom. The number of aromatic nitrogens is 3. The molecule has 2 aromatic heterocycles. The summed E-state index contributed by atoms with van der Waals surface area (Å²) in [6.45, 7) is 6.01. The third kappa shape index (κ3) is 3.74. The summed E-state index contributed by atoms with van der Waals surface area (Å²) in [5.41, 5.74) is 5.26. The molecule has 0 fully saturated rings. The van der Waals surface area contributed by atoms with E-state index in [2.05, 4.69) is 56.7 Å². The number of aryl methyl sites for hydroxylation is 1. The fourth-order valence-electron chi connectivity index (χ4n) is 2.75. The molecule has 0 radical (unpaired) electrons. The van der Waals surface area contributed by atoms with Crippen LogP contribution in [-0.2, 0) is 0 Å². The van der Waals surface area contributed by atoms with E-state index in [0.29, 0.717) is 5.95 Å². The van der Waals surface area contributed by atoms with E-state index < -0.39 is 0 Å². The zero-order valence-corrected chi connectivity index (χ0v) is 14.8. The number of allylic oxidation sites excluding steroid dienone is 4. The minimum atomic E-state index is 0. The molecule has 0 saturated heterocycles. The molecular formula is C21H24N4. The van der Waals surface area contributed by atoms with Crippen LogP contribution >= 0.6 is 0 Å². The number of fused-ring (bicyclic) bond motifs is 1. The molecule has 1 N–H and O–H groups in total. The molecule has 1 aliphatic carbocycles. The summed E-state index contributed by atoms with van der Waals surface area (Å²) in [5.74, 6) is 0.593. The lowest BCUT2D eigenvalue weighted by Gasteiger charge is -2.09. The number of hydrogen-bond donors (Lipinski definition) is 1. The van der Waals surface area contributed by atoms with Crippen LogP contribution in [0.5, 0.6) is 0 Å². The number of nitrogens with one attached hydrogen (secondary N) is 1. The smallest absolute Gasteiger partial charge is 0.228 e. The van der Waals surface area contributed by atoms with Crippen molar-refractivity contribution in [1.82, 2.24) is 15.0 Å². The molecule has 4 nitrogen and oxygen atoms in total. The van der Waals surface area contributed by atoms with E-state index in [-0.39, 0.29) is 1.43 Å². The molecule has 0 spiro atoms. The second-order valence-electron chi connectivity index (χ2n) is 5.53. The summed E-state index contributed by atoms with van der Waals surface area (Å²) in [4.78, 5) is 13.3. The van der Waals surface area contributed by atoms with E-state index in [4.69, 9.17) is 0 Å². The molecule has 1 aromatic carbocycles. The number of anilines is 2. The predicted octanol–water partition coefficient (Wildman–Crippen LogP) is 5.69. The Morgan fingerprint density at radius 3 is 2.72 bits per heavy atom. The summed E-state index contributed by atoms with van der Waals surface area (Å²) < 4.78 is 0. The van der Waals surface area contributed by atoms with Crippen LogP contribution in [0.1, 0.15) is 33.0 Å². The first-order valence-electron chi connectivity index (χ1n) is 8.62. The average molecular weight is 332 g/mol. The average Bonchev–Trinajstić information content (AvgIpc) is 3.19. The van der Waals surface area contributed by atoms with Crippen molar-refractivity contribution < 1.29 is 1.43 Å². The molecule has 128 valence electrons. The van der Waals surface area contributed by atoms with Crippen molar-refractivity contribution in [3.63, 3.8) is 0 Å². The van der Waals surface area contributed by atoms with Crippen LogP contribution in [0, 0.1) is 6.92 Å². The van der Waals surface area contributed by atoms with Gasteiger partial charge in [-0.05, 0) is 48.7 Å². The first-order chi connectivity index (χ1) is 12.3. The van der Waals surface area contributed by atoms with Crippen molar-refractivity contribution in [1.29, 1.82) is 0 Å². The monoisotopic (exact) mass is 332 g/mol. The van der Waals surface area contributed by atoms with Crippen LogP contribution in [0.4, 0.5) is 11.6 Å². The molecule has 0 unspecified atom stereocenters. The van der Waals surface area contributed by atoms with Crippen LogP contribution in [-0.4, -0.2) is 15.0 Å². The van der Waals surface area contributed by atoms with Crippen molar-refractivity contribution in [2.45, 2.75) is 27.2 Å². The molecule has 0 atom stereocenters. The van der Waals surface area contributed by atoms with E-state index >= 15 is 0 Å². The van der Waals surface area contributed by atoms with E-state index in [1.807, 2.05) is 32.9 Å². The highest BCUT2D eigenvalue weighted by molar-refractivity contribution is 5.88. The lowest BCUT2D eigenvalue weighted by atomic mass is 10.0. The van der Waals surface area contributed by atoms with Gasteiger partial charge in [0.05, 0.1) is 23.1 Å². The van der Waals surface area contributed by atoms with Gasteiger partial charge in [0.25, 0.3) is 0 Å². The lowest BCUT2D eigenvalue weighted by molar-refractivity contribution is 1.15. The lowest BCUT2D eigenvalue weighted by Crippen LogP contribution is -2.00. The maximum absolute atomic E-state index is 4.61. The third-order valence-corrected chi connectivity index (χ3v) is 3.91. The van der Waals surface area contributed by atoms with Crippen LogP contribution in [0.25, 0.3) is 16.5 Å². The van der Waals surface area contributed by atoms with Crippen LogP contribution in [0.15, 0.2) is 61.0 Å². The fourth-order valence-corrected chi connectivity index (χ4v) is 2.75. The Bertz CT molecular complexity index is 933. The minimum absolute atomic E-state index is 0. The van der Waals surface area contributed by atoms with Crippen LogP contribution < -0.4 is 5.32 Å². The van der Waals surface area contributed by atoms with E-state index in [1.165, 1.54) is 11.1 Å². The number of nitrogens with zero attached hydrogens (tertiary/aromatic N) is 3. The molecule has 25 heavy (non-hydrogen) atoms. The molecule has 0 bridgehead atoms. The highest BCUT2D eigenvalue weighted by Crippen LogP contribution is 2.26. The number of benzene rings is 1. The second-order valence-corrected chi connectivity index (χ2v) is 5.53. The zero-order valence-electron chi connectivity index (χ0n) is 14.8. The van der Waals surface area contributed by atoms with Gasteiger partial charge in [-0.15, -0.1) is 0 Å². The molecule has 0 aliphatic heterocycles. The first kappa shape index (κ1) is 16.8. The van der Waals surface area contributed by atoms with Gasteiger partial charge in [-0.3, -0.25) is 4.98 Å². The molecule has 1 aliphatic rings. The zero-order chi connectivity index (χ0) is 17.6. The maximum Gasteiger partial charge on any atom is 0.228 e. The molecule has 3 aromatic rings. The Labute approximate surface area is 149 Å². The highest BCUT2D eigenvalue weighted by Gasteiger charge is 2.08. The molecule has 0 saturated carbocycles. The Morgan fingerprint density at radius 2 is 2.00 bits per heavy atom. The van der Waals surface area contributed by atoms with Crippen molar-refractivity contribution in [3.05, 3.63) is 72.2 Å². The van der Waals surface area contributed by atoms with E-state index in [9.17, 15) is 0 Å². The van der Waals surface area contributed by atoms with Crippen molar-refractivity contribution in [3.8, 4) is 0 Å². The van der Waals surface area contributed by atoms with Gasteiger partial charge < -0.3 is 5.32 Å². The maximum atomic E-state index is 4.61. The number of rotatable bonds is 3. The molecular weight excluding hydrogens is 308 g/mol. The van der Waals surface area contributed by atoms with E-state index in [1.54, 1.807) is 12.4 Å². The predicted molar refractivity (Wildman–Crippen MR) is 107 cm³/mol. The van der Waals surface area contributed by atoms with Gasteiger partial charge in [-0.2, -0.15) is 0 Å². The van der Waals surface area contributed by atoms with Crippen molar-refractivity contribution in [2.24, 2.45) is 0 Å². The van der Waals surface area contributed by atoms with Crippen LogP contribution in [0.2, 0.25) is 0 Å². The molecule has 4 heteroatoms. The minimum Gasteiger partial charge on any atom is -0.323 e. The second kappa shape index (κ2) is 7.71. The van der Waals surface area contributed by atoms with Gasteiger partial charge in [-0.25, -0.2) is 9.97 Å². The molecule has 0 amide bonds. The number of hydrogen-bond acceptors (Lipinski definition) is 4. The summed E-state index contributed by atoms with van der Waals surface area (Å²) in [5, 5.41) is 4.28. The highest BCUT2D eigenvalue weighted by atomic mass is 15.1. The summed E-state index contributed by atoms with van der Waals surface area (Å²) >= 11 is 0. The van der Waals surface area contributed by atoms with Crippen molar-refractivity contribution in [2.75, 3.05) is 5.32 Å².